The Hall–Kier alpha value is -2.21. The van der Waals surface area contributed by atoms with Crippen molar-refractivity contribution in [2.24, 2.45) is 0 Å². The second-order valence-corrected chi connectivity index (χ2v) is 4.35. The van der Waals surface area contributed by atoms with Crippen LogP contribution in [0.25, 0.3) is 0 Å². The van der Waals surface area contributed by atoms with Gasteiger partial charge in [-0.15, -0.1) is 0 Å². The number of anilines is 3. The van der Waals surface area contributed by atoms with Gasteiger partial charge < -0.3 is 16.0 Å². The number of rotatable bonds is 3. The zero-order valence-electron chi connectivity index (χ0n) is 10.5. The first-order valence-corrected chi connectivity index (χ1v) is 6.06. The summed E-state index contributed by atoms with van der Waals surface area (Å²) in [5.41, 5.74) is 3.47. The van der Waals surface area contributed by atoms with Crippen LogP contribution in [0, 0.1) is 5.82 Å². The highest BCUT2D eigenvalue weighted by molar-refractivity contribution is 5.57. The molecule has 0 radical (unpaired) electrons. The largest absolute Gasteiger partial charge is 0.371 e. The lowest BCUT2D eigenvalue weighted by Gasteiger charge is -2.08. The van der Waals surface area contributed by atoms with Crippen LogP contribution in [0.5, 0.6) is 0 Å². The Balaban J connectivity index is 1.85. The minimum atomic E-state index is -0.466. The highest BCUT2D eigenvalue weighted by Gasteiger charge is 2.11. The Bertz CT molecular complexity index is 605. The molecule has 5 nitrogen and oxygen atoms in total. The minimum Gasteiger partial charge on any atom is -0.371 e. The maximum absolute atomic E-state index is 13.3. The van der Waals surface area contributed by atoms with Gasteiger partial charge in [-0.1, -0.05) is 6.07 Å². The van der Waals surface area contributed by atoms with Gasteiger partial charge in [0.25, 0.3) is 0 Å². The van der Waals surface area contributed by atoms with Crippen molar-refractivity contribution in [3.63, 3.8) is 0 Å². The first kappa shape index (κ1) is 11.9. The summed E-state index contributed by atoms with van der Waals surface area (Å²) in [6.45, 7) is 1.78. The predicted octanol–water partition coefficient (Wildman–Crippen LogP) is 2.00. The Morgan fingerprint density at radius 1 is 1.26 bits per heavy atom. The first-order valence-electron chi connectivity index (χ1n) is 6.06. The van der Waals surface area contributed by atoms with E-state index in [1.165, 1.54) is 11.1 Å². The number of hydrogen-bond acceptors (Lipinski definition) is 5. The van der Waals surface area contributed by atoms with E-state index in [9.17, 15) is 4.39 Å². The number of fused-ring (bicyclic) bond motifs is 1. The molecule has 2 heterocycles. The van der Waals surface area contributed by atoms with Crippen molar-refractivity contribution in [1.29, 1.82) is 0 Å². The van der Waals surface area contributed by atoms with Crippen LogP contribution in [0.3, 0.4) is 0 Å². The second-order valence-electron chi connectivity index (χ2n) is 4.35. The van der Waals surface area contributed by atoms with Gasteiger partial charge in [0.15, 0.2) is 11.6 Å². The Kier molecular flexibility index (Phi) is 3.00. The van der Waals surface area contributed by atoms with E-state index in [2.05, 4.69) is 38.1 Å². The van der Waals surface area contributed by atoms with E-state index in [4.69, 9.17) is 0 Å². The van der Waals surface area contributed by atoms with Crippen LogP contribution in [0.15, 0.2) is 24.4 Å². The summed E-state index contributed by atoms with van der Waals surface area (Å²) < 4.78 is 13.3. The average Bonchev–Trinajstić information content (AvgIpc) is 2.88. The van der Waals surface area contributed by atoms with Crippen molar-refractivity contribution in [2.45, 2.75) is 13.1 Å². The smallest absolute Gasteiger partial charge is 0.229 e. The van der Waals surface area contributed by atoms with E-state index in [0.717, 1.165) is 25.0 Å². The fourth-order valence-electron chi connectivity index (χ4n) is 2.10. The third kappa shape index (κ3) is 2.34. The topological polar surface area (TPSA) is 61.9 Å². The summed E-state index contributed by atoms with van der Waals surface area (Å²) in [7, 11) is 1.62. The molecule has 0 saturated carbocycles. The molecule has 0 aliphatic carbocycles. The lowest BCUT2D eigenvalue weighted by atomic mass is 10.1. The van der Waals surface area contributed by atoms with Gasteiger partial charge in [-0.3, -0.25) is 0 Å². The van der Waals surface area contributed by atoms with Crippen LogP contribution in [-0.2, 0) is 13.1 Å². The third-order valence-corrected chi connectivity index (χ3v) is 3.07. The summed E-state index contributed by atoms with van der Waals surface area (Å²) >= 11 is 0. The molecule has 6 heteroatoms. The molecule has 0 bridgehead atoms. The van der Waals surface area contributed by atoms with Gasteiger partial charge in [-0.05, 0) is 23.3 Å². The van der Waals surface area contributed by atoms with Crippen LogP contribution >= 0.6 is 0 Å². The summed E-state index contributed by atoms with van der Waals surface area (Å²) in [6, 6.07) is 6.10. The molecule has 19 heavy (non-hydrogen) atoms. The van der Waals surface area contributed by atoms with Crippen molar-refractivity contribution in [1.82, 2.24) is 15.3 Å². The van der Waals surface area contributed by atoms with Crippen LogP contribution in [0.1, 0.15) is 11.1 Å². The molecule has 1 aliphatic heterocycles. The molecule has 3 rings (SSSR count). The van der Waals surface area contributed by atoms with Crippen LogP contribution in [0.4, 0.5) is 21.8 Å². The Morgan fingerprint density at radius 2 is 2.11 bits per heavy atom. The van der Waals surface area contributed by atoms with E-state index < -0.39 is 5.82 Å². The van der Waals surface area contributed by atoms with Crippen molar-refractivity contribution in [3.8, 4) is 0 Å². The van der Waals surface area contributed by atoms with E-state index >= 15 is 0 Å². The zero-order valence-corrected chi connectivity index (χ0v) is 10.5. The van der Waals surface area contributed by atoms with Crippen LogP contribution in [-0.4, -0.2) is 17.0 Å². The van der Waals surface area contributed by atoms with Crippen molar-refractivity contribution >= 4 is 17.5 Å². The van der Waals surface area contributed by atoms with E-state index in [1.807, 2.05) is 6.07 Å². The number of nitrogens with zero attached hydrogens (tertiary/aromatic N) is 2. The first-order chi connectivity index (χ1) is 9.26. The molecular weight excluding hydrogens is 245 g/mol. The molecule has 1 aliphatic rings. The molecule has 3 N–H and O–H groups in total. The lowest BCUT2D eigenvalue weighted by Crippen LogP contribution is -2.03. The van der Waals surface area contributed by atoms with Gasteiger partial charge in [-0.2, -0.15) is 4.98 Å². The summed E-state index contributed by atoms with van der Waals surface area (Å²) in [5.74, 6) is 0.0863. The SMILES string of the molecule is CNc1nc(Nc2ccc3c(c2)CNC3)ncc1F. The minimum absolute atomic E-state index is 0.181. The van der Waals surface area contributed by atoms with Gasteiger partial charge in [-0.25, -0.2) is 9.37 Å². The zero-order chi connectivity index (χ0) is 13.2. The molecule has 0 saturated heterocycles. The Labute approximate surface area is 110 Å². The maximum Gasteiger partial charge on any atom is 0.229 e. The number of benzene rings is 1. The number of nitrogens with one attached hydrogen (secondary N) is 3. The molecule has 0 spiro atoms. The maximum atomic E-state index is 13.3. The highest BCUT2D eigenvalue weighted by Crippen LogP contribution is 2.22. The molecule has 0 fully saturated rings. The normalized spacial score (nSPS) is 13.2. The lowest BCUT2D eigenvalue weighted by molar-refractivity contribution is 0.619. The van der Waals surface area contributed by atoms with Gasteiger partial charge in [0.1, 0.15) is 0 Å². The van der Waals surface area contributed by atoms with Crippen LogP contribution in [0.2, 0.25) is 0 Å². The third-order valence-electron chi connectivity index (χ3n) is 3.07. The van der Waals surface area contributed by atoms with Crippen molar-refractivity contribution < 1.29 is 4.39 Å². The van der Waals surface area contributed by atoms with E-state index in [-0.39, 0.29) is 5.82 Å². The molecule has 1 aromatic carbocycles. The summed E-state index contributed by atoms with van der Waals surface area (Å²) in [4.78, 5) is 7.98. The summed E-state index contributed by atoms with van der Waals surface area (Å²) in [5, 5.41) is 9.05. The Morgan fingerprint density at radius 3 is 2.95 bits per heavy atom. The van der Waals surface area contributed by atoms with Gasteiger partial charge in [0, 0.05) is 25.8 Å². The molecule has 0 unspecified atom stereocenters. The second kappa shape index (κ2) is 4.81. The molecule has 0 amide bonds. The van der Waals surface area contributed by atoms with Crippen molar-refractivity contribution in [3.05, 3.63) is 41.3 Å². The van der Waals surface area contributed by atoms with Crippen LogP contribution < -0.4 is 16.0 Å². The predicted molar refractivity (Wildman–Crippen MR) is 71.8 cm³/mol. The van der Waals surface area contributed by atoms with E-state index in [0.29, 0.717) is 5.95 Å². The summed E-state index contributed by atoms with van der Waals surface area (Å²) in [6.07, 6.45) is 1.15. The molecule has 98 valence electrons. The highest BCUT2D eigenvalue weighted by atomic mass is 19.1. The number of halogens is 1. The van der Waals surface area contributed by atoms with Crippen molar-refractivity contribution in [2.75, 3.05) is 17.7 Å². The molecule has 0 atom stereocenters. The van der Waals surface area contributed by atoms with Gasteiger partial charge in [0.2, 0.25) is 5.95 Å². The van der Waals surface area contributed by atoms with Gasteiger partial charge >= 0.3 is 0 Å². The fraction of sp³-hybridized carbons (Fsp3) is 0.231. The molecule has 1 aromatic heterocycles. The standard InChI is InChI=1S/C13H14FN5/c1-15-12-11(14)7-17-13(19-12)18-10-3-2-8-5-16-6-9(8)4-10/h2-4,7,16H,5-6H2,1H3,(H2,15,17,18,19). The molecule has 2 aromatic rings. The fourth-order valence-corrected chi connectivity index (χ4v) is 2.10. The van der Waals surface area contributed by atoms with Gasteiger partial charge in [0.05, 0.1) is 6.20 Å². The monoisotopic (exact) mass is 259 g/mol. The van der Waals surface area contributed by atoms with E-state index in [1.54, 1.807) is 7.05 Å². The average molecular weight is 259 g/mol. The molecular formula is C13H14FN5. The number of aromatic nitrogens is 2. The number of hydrogen-bond donors (Lipinski definition) is 3. The quantitative estimate of drug-likeness (QED) is 0.787.